The van der Waals surface area contributed by atoms with Gasteiger partial charge in [-0.2, -0.15) is 0 Å². The number of allylic oxidation sites excluding steroid dienone is 1. The zero-order valence-corrected chi connectivity index (χ0v) is 8.95. The number of nitrogens with zero attached hydrogens (tertiary/aromatic N) is 1. The molecule has 1 aliphatic rings. The molecule has 1 aliphatic heterocycles. The summed E-state index contributed by atoms with van der Waals surface area (Å²) in [6.45, 7) is 3.92. The maximum absolute atomic E-state index is 11.7. The van der Waals surface area contributed by atoms with Crippen LogP contribution in [-0.4, -0.2) is 5.91 Å². The molecule has 0 unspecified atom stereocenters. The van der Waals surface area contributed by atoms with Crippen LogP contribution in [0.4, 0.5) is 5.69 Å². The van der Waals surface area contributed by atoms with Crippen LogP contribution in [0.3, 0.4) is 0 Å². The van der Waals surface area contributed by atoms with E-state index in [0.717, 1.165) is 16.8 Å². The molecule has 15 heavy (non-hydrogen) atoms. The van der Waals surface area contributed by atoms with Crippen LogP contribution in [0.5, 0.6) is 0 Å². The summed E-state index contributed by atoms with van der Waals surface area (Å²) in [5.41, 5.74) is 6.19. The predicted molar refractivity (Wildman–Crippen MR) is 60.6 cm³/mol. The highest BCUT2D eigenvalue weighted by Crippen LogP contribution is 2.28. The Bertz CT molecular complexity index is 463. The lowest BCUT2D eigenvalue weighted by Crippen LogP contribution is -2.19. The zero-order chi connectivity index (χ0) is 10.8. The minimum absolute atomic E-state index is 0.116. The van der Waals surface area contributed by atoms with Gasteiger partial charge in [0.25, 0.3) is 0 Å². The summed E-state index contributed by atoms with van der Waals surface area (Å²) in [6, 6.07) is 7.86. The molecule has 0 fully saturated rings. The Hall–Kier alpha value is -1.79. The fraction of sp³-hybridized carbons (Fsp3) is 0.231. The highest BCUT2D eigenvalue weighted by Gasteiger charge is 2.24. The van der Waals surface area contributed by atoms with Crippen LogP contribution in [0.1, 0.15) is 19.4 Å². The minimum atomic E-state index is 0.116. The first kappa shape index (κ1) is 9.75. The van der Waals surface area contributed by atoms with Crippen LogP contribution in [0.25, 0.3) is 0 Å². The summed E-state index contributed by atoms with van der Waals surface area (Å²) in [4.78, 5) is 13.4. The van der Waals surface area contributed by atoms with Crippen molar-refractivity contribution in [3.63, 3.8) is 0 Å². The van der Waals surface area contributed by atoms with Crippen LogP contribution in [-0.2, 0) is 11.2 Å². The van der Waals surface area contributed by atoms with Crippen molar-refractivity contribution in [2.45, 2.75) is 20.3 Å². The molecule has 0 spiro atoms. The molecule has 2 nitrogen and oxygen atoms in total. The van der Waals surface area contributed by atoms with E-state index in [9.17, 15) is 4.79 Å². The molecule has 0 aromatic heterocycles. The van der Waals surface area contributed by atoms with Gasteiger partial charge in [0.05, 0.1) is 18.3 Å². The third-order valence-electron chi connectivity index (χ3n) is 2.34. The van der Waals surface area contributed by atoms with Gasteiger partial charge < -0.3 is 0 Å². The van der Waals surface area contributed by atoms with E-state index in [0.29, 0.717) is 6.42 Å². The van der Waals surface area contributed by atoms with Gasteiger partial charge in [-0.25, -0.2) is 0 Å². The van der Waals surface area contributed by atoms with Gasteiger partial charge in [-0.1, -0.05) is 18.2 Å². The van der Waals surface area contributed by atoms with Gasteiger partial charge in [-0.3, -0.25) is 9.69 Å². The van der Waals surface area contributed by atoms with Gasteiger partial charge in [0, 0.05) is 0 Å². The monoisotopic (exact) mass is 199 g/mol. The Labute approximate surface area is 89.5 Å². The van der Waals surface area contributed by atoms with Gasteiger partial charge in [0.1, 0.15) is 0 Å². The molecule has 0 saturated heterocycles. The molecule has 2 rings (SSSR count). The quantitative estimate of drug-likeness (QED) is 0.637. The number of carbonyl (C=O) groups is 1. The SMILES string of the molecule is CC(C)=C=CN1C(=O)Cc2ccccc21. The minimum Gasteiger partial charge on any atom is -0.280 e. The Morgan fingerprint density at radius 2 is 2.13 bits per heavy atom. The van der Waals surface area contributed by atoms with E-state index in [1.807, 2.05) is 38.1 Å². The summed E-state index contributed by atoms with van der Waals surface area (Å²) in [6.07, 6.45) is 2.22. The molecular weight excluding hydrogens is 186 g/mol. The molecule has 0 saturated carbocycles. The van der Waals surface area contributed by atoms with Crippen molar-refractivity contribution in [3.8, 4) is 0 Å². The lowest BCUT2D eigenvalue weighted by molar-refractivity contribution is -0.116. The molecule has 1 amide bonds. The molecule has 1 aromatic rings. The van der Waals surface area contributed by atoms with Crippen molar-refractivity contribution in [3.05, 3.63) is 47.3 Å². The number of carbonyl (C=O) groups excluding carboxylic acids is 1. The molecule has 0 bridgehead atoms. The van der Waals surface area contributed by atoms with Crippen molar-refractivity contribution < 1.29 is 4.79 Å². The molecule has 2 heteroatoms. The van der Waals surface area contributed by atoms with E-state index in [-0.39, 0.29) is 5.91 Å². The molecule has 1 aromatic carbocycles. The fourth-order valence-electron chi connectivity index (χ4n) is 1.61. The van der Waals surface area contributed by atoms with Gasteiger partial charge in [0.2, 0.25) is 5.91 Å². The van der Waals surface area contributed by atoms with Crippen molar-refractivity contribution in [1.82, 2.24) is 0 Å². The number of hydrogen-bond donors (Lipinski definition) is 0. The van der Waals surface area contributed by atoms with Gasteiger partial charge in [0.15, 0.2) is 0 Å². The first-order valence-electron chi connectivity index (χ1n) is 4.98. The number of para-hydroxylation sites is 1. The highest BCUT2D eigenvalue weighted by atomic mass is 16.2. The Balaban J connectivity index is 2.43. The maximum atomic E-state index is 11.7. The second kappa shape index (κ2) is 3.76. The van der Waals surface area contributed by atoms with E-state index < -0.39 is 0 Å². The van der Waals surface area contributed by atoms with E-state index in [1.165, 1.54) is 0 Å². The van der Waals surface area contributed by atoms with Crippen molar-refractivity contribution in [2.24, 2.45) is 0 Å². The molecule has 0 N–H and O–H groups in total. The Morgan fingerprint density at radius 3 is 2.87 bits per heavy atom. The van der Waals surface area contributed by atoms with E-state index in [2.05, 4.69) is 5.73 Å². The molecule has 0 radical (unpaired) electrons. The molecule has 0 aliphatic carbocycles. The van der Waals surface area contributed by atoms with Gasteiger partial charge >= 0.3 is 0 Å². The third kappa shape index (κ3) is 1.85. The van der Waals surface area contributed by atoms with E-state index >= 15 is 0 Å². The van der Waals surface area contributed by atoms with Gasteiger partial charge in [-0.05, 0) is 31.1 Å². The molecule has 76 valence electrons. The van der Waals surface area contributed by atoms with Crippen LogP contribution in [0.15, 0.2) is 41.8 Å². The molecule has 0 atom stereocenters. The number of hydrogen-bond acceptors (Lipinski definition) is 1. The summed E-state index contributed by atoms with van der Waals surface area (Å²) >= 11 is 0. The number of anilines is 1. The average Bonchev–Trinajstić information content (AvgIpc) is 2.50. The number of fused-ring (bicyclic) bond motifs is 1. The molecule has 1 heterocycles. The first-order valence-corrected chi connectivity index (χ1v) is 4.98. The topological polar surface area (TPSA) is 20.3 Å². The summed E-state index contributed by atoms with van der Waals surface area (Å²) in [5, 5.41) is 0. The van der Waals surface area contributed by atoms with Crippen LogP contribution in [0.2, 0.25) is 0 Å². The fourth-order valence-corrected chi connectivity index (χ4v) is 1.61. The standard InChI is InChI=1S/C13H13NO/c1-10(2)7-8-14-12-6-4-3-5-11(12)9-13(14)15/h3-6,8H,9H2,1-2H3. The van der Waals surface area contributed by atoms with Crippen LogP contribution < -0.4 is 4.90 Å². The predicted octanol–water partition coefficient (Wildman–Crippen LogP) is 2.65. The van der Waals surface area contributed by atoms with Crippen LogP contribution in [0, 0.1) is 0 Å². The van der Waals surface area contributed by atoms with E-state index in [4.69, 9.17) is 0 Å². The number of rotatable bonds is 1. The number of benzene rings is 1. The third-order valence-corrected chi connectivity index (χ3v) is 2.34. The molecular formula is C13H13NO. The largest absolute Gasteiger partial charge is 0.280 e. The van der Waals surface area contributed by atoms with Crippen LogP contribution >= 0.6 is 0 Å². The lowest BCUT2D eigenvalue weighted by atomic mass is 10.2. The maximum Gasteiger partial charge on any atom is 0.236 e. The Morgan fingerprint density at radius 1 is 1.40 bits per heavy atom. The van der Waals surface area contributed by atoms with Crippen molar-refractivity contribution >= 4 is 11.6 Å². The second-order valence-corrected chi connectivity index (χ2v) is 3.84. The number of amides is 1. The zero-order valence-electron chi connectivity index (χ0n) is 8.95. The Kier molecular flexibility index (Phi) is 2.44. The lowest BCUT2D eigenvalue weighted by Gasteiger charge is -2.09. The summed E-state index contributed by atoms with van der Waals surface area (Å²) in [5.74, 6) is 0.116. The van der Waals surface area contributed by atoms with Gasteiger partial charge in [-0.15, -0.1) is 5.73 Å². The smallest absolute Gasteiger partial charge is 0.236 e. The highest BCUT2D eigenvalue weighted by molar-refractivity contribution is 6.02. The van der Waals surface area contributed by atoms with Crippen molar-refractivity contribution in [1.29, 1.82) is 0 Å². The summed E-state index contributed by atoms with van der Waals surface area (Å²) < 4.78 is 0. The van der Waals surface area contributed by atoms with E-state index in [1.54, 1.807) is 11.1 Å². The summed E-state index contributed by atoms with van der Waals surface area (Å²) in [7, 11) is 0. The van der Waals surface area contributed by atoms with Crippen molar-refractivity contribution in [2.75, 3.05) is 4.90 Å². The average molecular weight is 199 g/mol. The second-order valence-electron chi connectivity index (χ2n) is 3.84. The normalized spacial score (nSPS) is 13.5. The first-order chi connectivity index (χ1) is 7.18.